The van der Waals surface area contributed by atoms with Crippen molar-refractivity contribution in [1.29, 1.82) is 0 Å². The van der Waals surface area contributed by atoms with Crippen LogP contribution in [0, 0.1) is 5.82 Å². The normalized spacial score (nSPS) is 10.7. The van der Waals surface area contributed by atoms with Crippen molar-refractivity contribution < 1.29 is 14.3 Å². The van der Waals surface area contributed by atoms with Gasteiger partial charge in [0.1, 0.15) is 5.82 Å². The zero-order valence-corrected chi connectivity index (χ0v) is 8.68. The molecule has 0 atom stereocenters. The second kappa shape index (κ2) is 3.98. The summed E-state index contributed by atoms with van der Waals surface area (Å²) in [6, 6.07) is 6.52. The fraction of sp³-hybridized carbons (Fsp3) is 0.182. The van der Waals surface area contributed by atoms with Crippen LogP contribution in [0.2, 0.25) is 0 Å². The molecule has 0 fully saturated rings. The largest absolute Gasteiger partial charge is 0.481 e. The number of rotatable bonds is 3. The van der Waals surface area contributed by atoms with Crippen LogP contribution < -0.4 is 0 Å². The predicted molar refractivity (Wildman–Crippen MR) is 57.7 cm³/mol. The van der Waals surface area contributed by atoms with Gasteiger partial charge in [0.15, 0.2) is 0 Å². The van der Waals surface area contributed by atoms with Gasteiger partial charge in [0.2, 0.25) is 0 Å². The maximum atomic E-state index is 12.9. The minimum Gasteiger partial charge on any atom is -0.481 e. The Morgan fingerprint density at radius 1 is 1.40 bits per heavy atom. The molecule has 1 aromatic heterocycles. The summed E-state index contributed by atoms with van der Waals surface area (Å²) in [4.78, 5) is 11.4. The average Bonchev–Trinajstić information content (AvgIpc) is 2.56. The molecule has 0 aliphatic heterocycles. The number of carboxylic acids is 1. The molecule has 15 heavy (non-hydrogen) atoms. The van der Waals surface area contributed by atoms with Crippen LogP contribution in [0.4, 0.5) is 4.39 Å². The molecule has 1 aromatic carbocycles. The molecule has 0 unspecified atom stereocenters. The fourth-order valence-corrected chi connectivity index (χ4v) is 2.50. The number of benzene rings is 1. The number of hydrogen-bond acceptors (Lipinski definition) is 2. The van der Waals surface area contributed by atoms with Crippen LogP contribution in [0.3, 0.4) is 0 Å². The van der Waals surface area contributed by atoms with Crippen molar-refractivity contribution in [2.24, 2.45) is 0 Å². The van der Waals surface area contributed by atoms with Crippen molar-refractivity contribution in [3.8, 4) is 0 Å². The van der Waals surface area contributed by atoms with Crippen LogP contribution in [0.5, 0.6) is 0 Å². The molecule has 0 spiro atoms. The molecule has 0 aliphatic rings. The molecule has 4 heteroatoms. The van der Waals surface area contributed by atoms with Gasteiger partial charge in [-0.15, -0.1) is 11.3 Å². The number of fused-ring (bicyclic) bond motifs is 1. The van der Waals surface area contributed by atoms with Gasteiger partial charge in [0.25, 0.3) is 0 Å². The first-order chi connectivity index (χ1) is 7.15. The van der Waals surface area contributed by atoms with Gasteiger partial charge in [-0.2, -0.15) is 0 Å². The molecule has 1 heterocycles. The summed E-state index contributed by atoms with van der Waals surface area (Å²) in [5, 5.41) is 9.51. The van der Waals surface area contributed by atoms with E-state index < -0.39 is 5.97 Å². The molecule has 0 amide bonds. The van der Waals surface area contributed by atoms with Crippen molar-refractivity contribution in [3.05, 3.63) is 35.0 Å². The zero-order valence-electron chi connectivity index (χ0n) is 7.87. The number of aryl methyl sites for hydroxylation is 1. The van der Waals surface area contributed by atoms with E-state index >= 15 is 0 Å². The molecule has 0 aliphatic carbocycles. The van der Waals surface area contributed by atoms with Crippen molar-refractivity contribution in [1.82, 2.24) is 0 Å². The third-order valence-corrected chi connectivity index (χ3v) is 3.28. The van der Waals surface area contributed by atoms with E-state index in [9.17, 15) is 9.18 Å². The Labute approximate surface area is 90.0 Å². The number of carbonyl (C=O) groups is 1. The molecular weight excluding hydrogens is 215 g/mol. The molecular formula is C11H9FO2S. The highest BCUT2D eigenvalue weighted by atomic mass is 32.1. The van der Waals surface area contributed by atoms with E-state index in [1.807, 2.05) is 6.07 Å². The molecule has 2 nitrogen and oxygen atoms in total. The van der Waals surface area contributed by atoms with Crippen molar-refractivity contribution in [2.45, 2.75) is 12.8 Å². The van der Waals surface area contributed by atoms with E-state index in [0.717, 1.165) is 15.0 Å². The average molecular weight is 224 g/mol. The summed E-state index contributed by atoms with van der Waals surface area (Å²) < 4.78 is 13.7. The van der Waals surface area contributed by atoms with Crippen LogP contribution in [-0.4, -0.2) is 11.1 Å². The highest BCUT2D eigenvalue weighted by molar-refractivity contribution is 7.19. The van der Waals surface area contributed by atoms with Crippen LogP contribution in [-0.2, 0) is 11.2 Å². The maximum Gasteiger partial charge on any atom is 0.303 e. The number of thiophene rings is 1. The monoisotopic (exact) mass is 224 g/mol. The first kappa shape index (κ1) is 10.1. The number of halogens is 1. The summed E-state index contributed by atoms with van der Waals surface area (Å²) in [5.74, 6) is -1.06. The molecule has 0 saturated carbocycles. The van der Waals surface area contributed by atoms with E-state index in [1.54, 1.807) is 6.07 Å². The van der Waals surface area contributed by atoms with Gasteiger partial charge < -0.3 is 5.11 Å². The summed E-state index contributed by atoms with van der Waals surface area (Å²) in [5.41, 5.74) is 0. The second-order valence-electron chi connectivity index (χ2n) is 3.29. The Balaban J connectivity index is 2.27. The van der Waals surface area contributed by atoms with E-state index in [0.29, 0.717) is 6.42 Å². The Kier molecular flexibility index (Phi) is 2.68. The first-order valence-electron chi connectivity index (χ1n) is 4.55. The fourth-order valence-electron chi connectivity index (χ4n) is 1.41. The lowest BCUT2D eigenvalue weighted by Gasteiger charge is -1.89. The van der Waals surface area contributed by atoms with Gasteiger partial charge >= 0.3 is 5.97 Å². The van der Waals surface area contributed by atoms with E-state index in [4.69, 9.17) is 5.11 Å². The highest BCUT2D eigenvalue weighted by Crippen LogP contribution is 2.27. The van der Waals surface area contributed by atoms with Gasteiger partial charge in [0.05, 0.1) is 6.42 Å². The van der Waals surface area contributed by atoms with Crippen LogP contribution in [0.15, 0.2) is 24.3 Å². The Morgan fingerprint density at radius 2 is 2.20 bits per heavy atom. The summed E-state index contributed by atoms with van der Waals surface area (Å²) in [7, 11) is 0. The van der Waals surface area contributed by atoms with Crippen LogP contribution in [0.25, 0.3) is 10.1 Å². The van der Waals surface area contributed by atoms with Gasteiger partial charge in [-0.3, -0.25) is 4.79 Å². The van der Waals surface area contributed by atoms with Crippen LogP contribution >= 0.6 is 11.3 Å². The Bertz CT molecular complexity index is 504. The van der Waals surface area contributed by atoms with E-state index in [1.165, 1.54) is 23.5 Å². The molecule has 2 aromatic rings. The van der Waals surface area contributed by atoms with Gasteiger partial charge in [-0.1, -0.05) is 6.07 Å². The minimum absolute atomic E-state index is 0.120. The highest BCUT2D eigenvalue weighted by Gasteiger charge is 2.04. The predicted octanol–water partition coefficient (Wildman–Crippen LogP) is 3.06. The maximum absolute atomic E-state index is 12.9. The number of aliphatic carboxylic acids is 1. The smallest absolute Gasteiger partial charge is 0.303 e. The minimum atomic E-state index is -0.807. The van der Waals surface area contributed by atoms with Crippen molar-refractivity contribution in [3.63, 3.8) is 0 Å². The second-order valence-corrected chi connectivity index (χ2v) is 4.46. The number of hydrogen-bond donors (Lipinski definition) is 1. The Hall–Kier alpha value is -1.42. The van der Waals surface area contributed by atoms with Gasteiger partial charge in [-0.25, -0.2) is 4.39 Å². The van der Waals surface area contributed by atoms with Crippen molar-refractivity contribution >= 4 is 27.4 Å². The summed E-state index contributed by atoms with van der Waals surface area (Å²) >= 11 is 1.45. The quantitative estimate of drug-likeness (QED) is 0.870. The molecule has 2 rings (SSSR count). The van der Waals surface area contributed by atoms with Gasteiger partial charge in [0, 0.05) is 9.58 Å². The zero-order chi connectivity index (χ0) is 10.8. The molecule has 0 bridgehead atoms. The lowest BCUT2D eigenvalue weighted by molar-refractivity contribution is -0.136. The third kappa shape index (κ3) is 2.33. The van der Waals surface area contributed by atoms with E-state index in [2.05, 4.69) is 0 Å². The standard InChI is InChI=1S/C11H9FO2S/c12-8-2-1-7-5-9(3-4-11(13)14)15-10(7)6-8/h1-2,5-6H,3-4H2,(H,13,14). The molecule has 1 N–H and O–H groups in total. The first-order valence-corrected chi connectivity index (χ1v) is 5.36. The molecule has 0 radical (unpaired) electrons. The SMILES string of the molecule is O=C(O)CCc1cc2ccc(F)cc2s1. The lowest BCUT2D eigenvalue weighted by atomic mass is 10.2. The topological polar surface area (TPSA) is 37.3 Å². The molecule has 0 saturated heterocycles. The van der Waals surface area contributed by atoms with Gasteiger partial charge in [-0.05, 0) is 30.0 Å². The van der Waals surface area contributed by atoms with E-state index in [-0.39, 0.29) is 12.2 Å². The van der Waals surface area contributed by atoms with Crippen molar-refractivity contribution in [2.75, 3.05) is 0 Å². The number of carboxylic acid groups (broad SMARTS) is 1. The Morgan fingerprint density at radius 3 is 2.93 bits per heavy atom. The summed E-state index contributed by atoms with van der Waals surface area (Å²) in [6.07, 6.45) is 0.631. The lowest BCUT2D eigenvalue weighted by Crippen LogP contribution is -1.95. The molecule has 78 valence electrons. The summed E-state index contributed by atoms with van der Waals surface area (Å²) in [6.45, 7) is 0. The van der Waals surface area contributed by atoms with Crippen LogP contribution in [0.1, 0.15) is 11.3 Å². The third-order valence-electron chi connectivity index (χ3n) is 2.12.